The number of nitrogens with zero attached hydrogens (tertiary/aromatic N) is 1. The van der Waals surface area contributed by atoms with E-state index in [4.69, 9.17) is 10.5 Å². The third-order valence-corrected chi connectivity index (χ3v) is 5.83. The predicted octanol–water partition coefficient (Wildman–Crippen LogP) is 2.70. The van der Waals surface area contributed by atoms with Gasteiger partial charge in [0.05, 0.1) is 12.5 Å². The van der Waals surface area contributed by atoms with Gasteiger partial charge in [0, 0.05) is 13.1 Å². The van der Waals surface area contributed by atoms with E-state index in [1.54, 1.807) is 7.11 Å². The van der Waals surface area contributed by atoms with E-state index in [0.29, 0.717) is 12.5 Å². The molecule has 126 valence electrons. The Hall–Kier alpha value is -1.55. The van der Waals surface area contributed by atoms with Crippen LogP contribution >= 0.6 is 0 Å². The number of nitrogens with two attached hydrogens (primary N) is 1. The molecule has 0 radical (unpaired) electrons. The minimum absolute atomic E-state index is 0.0732. The van der Waals surface area contributed by atoms with Crippen LogP contribution < -0.4 is 10.5 Å². The Morgan fingerprint density at radius 2 is 2.04 bits per heavy atom. The fourth-order valence-corrected chi connectivity index (χ4v) is 4.19. The molecule has 1 aliphatic carbocycles. The van der Waals surface area contributed by atoms with Crippen molar-refractivity contribution < 1.29 is 9.53 Å². The summed E-state index contributed by atoms with van der Waals surface area (Å²) in [4.78, 5) is 15.5. The molecule has 0 bridgehead atoms. The molecule has 1 atom stereocenters. The summed E-state index contributed by atoms with van der Waals surface area (Å²) in [6.45, 7) is 4.45. The zero-order chi connectivity index (χ0) is 16.5. The topological polar surface area (TPSA) is 55.6 Å². The predicted molar refractivity (Wildman–Crippen MR) is 91.5 cm³/mol. The average molecular weight is 316 g/mol. The third-order valence-electron chi connectivity index (χ3n) is 5.83. The zero-order valence-electron chi connectivity index (χ0n) is 14.3. The van der Waals surface area contributed by atoms with Gasteiger partial charge in [0.2, 0.25) is 5.91 Å². The van der Waals surface area contributed by atoms with Crippen LogP contribution in [-0.2, 0) is 10.2 Å². The molecule has 1 unspecified atom stereocenters. The van der Waals surface area contributed by atoms with Gasteiger partial charge in [0.15, 0.2) is 0 Å². The van der Waals surface area contributed by atoms with Crippen molar-refractivity contribution in [3.05, 3.63) is 29.8 Å². The molecule has 1 aromatic rings. The highest BCUT2D eigenvalue weighted by Crippen LogP contribution is 2.45. The number of hydrogen-bond acceptors (Lipinski definition) is 3. The van der Waals surface area contributed by atoms with Gasteiger partial charge in [-0.2, -0.15) is 0 Å². The molecule has 1 aliphatic heterocycles. The molecule has 4 nitrogen and oxygen atoms in total. The summed E-state index contributed by atoms with van der Waals surface area (Å²) in [5.74, 6) is 1.12. The number of ether oxygens (including phenoxy) is 1. The number of benzene rings is 1. The molecule has 0 aromatic heterocycles. The maximum atomic E-state index is 13.4. The van der Waals surface area contributed by atoms with E-state index in [1.165, 1.54) is 0 Å². The first-order valence-electron chi connectivity index (χ1n) is 8.67. The maximum absolute atomic E-state index is 13.4. The normalized spacial score (nSPS) is 26.5. The number of methoxy groups -OCH3 is 1. The van der Waals surface area contributed by atoms with Gasteiger partial charge in [-0.3, -0.25) is 4.79 Å². The standard InChI is InChI=1S/C19H28N2O2/c1-18(13-20)10-11-21(14-18)17(22)19(8-3-4-9-19)15-6-5-7-16(12-15)23-2/h5-7,12H,3-4,8-11,13-14,20H2,1-2H3. The van der Waals surface area contributed by atoms with Crippen molar-refractivity contribution >= 4 is 5.91 Å². The minimum Gasteiger partial charge on any atom is -0.497 e. The Labute approximate surface area is 139 Å². The highest BCUT2D eigenvalue weighted by molar-refractivity contribution is 5.89. The van der Waals surface area contributed by atoms with Gasteiger partial charge in [-0.25, -0.2) is 0 Å². The van der Waals surface area contributed by atoms with Gasteiger partial charge in [0.25, 0.3) is 0 Å². The van der Waals surface area contributed by atoms with Gasteiger partial charge in [-0.1, -0.05) is 31.9 Å². The van der Waals surface area contributed by atoms with Crippen molar-refractivity contribution in [1.29, 1.82) is 0 Å². The monoisotopic (exact) mass is 316 g/mol. The van der Waals surface area contributed by atoms with Crippen LogP contribution in [0.2, 0.25) is 0 Å². The number of carbonyl (C=O) groups is 1. The second kappa shape index (κ2) is 6.16. The average Bonchev–Trinajstić information content (AvgIpc) is 3.23. The Morgan fingerprint density at radius 1 is 1.30 bits per heavy atom. The van der Waals surface area contributed by atoms with Crippen LogP contribution in [0.25, 0.3) is 0 Å². The lowest BCUT2D eigenvalue weighted by Crippen LogP contribution is -2.45. The molecular formula is C19H28N2O2. The number of hydrogen-bond donors (Lipinski definition) is 1. The van der Waals surface area contributed by atoms with Crippen LogP contribution in [0.15, 0.2) is 24.3 Å². The van der Waals surface area contributed by atoms with Crippen LogP contribution in [0, 0.1) is 5.41 Å². The van der Waals surface area contributed by atoms with Gasteiger partial charge >= 0.3 is 0 Å². The van der Waals surface area contributed by atoms with Crippen LogP contribution in [0.5, 0.6) is 5.75 Å². The van der Waals surface area contributed by atoms with Crippen LogP contribution in [0.3, 0.4) is 0 Å². The Bertz CT molecular complexity index is 580. The highest BCUT2D eigenvalue weighted by Gasteiger charge is 2.47. The minimum atomic E-state index is -0.367. The molecular weight excluding hydrogens is 288 g/mol. The Morgan fingerprint density at radius 3 is 2.65 bits per heavy atom. The van der Waals surface area contributed by atoms with Gasteiger partial charge in [0.1, 0.15) is 5.75 Å². The summed E-state index contributed by atoms with van der Waals surface area (Å²) in [5.41, 5.74) is 6.73. The summed E-state index contributed by atoms with van der Waals surface area (Å²) in [7, 11) is 1.68. The molecule has 1 saturated carbocycles. The number of likely N-dealkylation sites (tertiary alicyclic amines) is 1. The number of carbonyl (C=O) groups excluding carboxylic acids is 1. The molecule has 23 heavy (non-hydrogen) atoms. The van der Waals surface area contributed by atoms with Crippen LogP contribution in [-0.4, -0.2) is 37.6 Å². The summed E-state index contributed by atoms with van der Waals surface area (Å²) in [6.07, 6.45) is 5.11. The smallest absolute Gasteiger partial charge is 0.233 e. The van der Waals surface area contributed by atoms with Crippen molar-refractivity contribution in [1.82, 2.24) is 4.90 Å². The summed E-state index contributed by atoms with van der Waals surface area (Å²) in [6, 6.07) is 8.07. The number of amides is 1. The lowest BCUT2D eigenvalue weighted by Gasteiger charge is -2.34. The van der Waals surface area contributed by atoms with E-state index in [1.807, 2.05) is 18.2 Å². The lowest BCUT2D eigenvalue weighted by molar-refractivity contribution is -0.136. The quantitative estimate of drug-likeness (QED) is 0.929. The first kappa shape index (κ1) is 16.3. The molecule has 1 amide bonds. The van der Waals surface area contributed by atoms with Gasteiger partial charge in [-0.15, -0.1) is 0 Å². The second-order valence-corrected chi connectivity index (χ2v) is 7.51. The lowest BCUT2D eigenvalue weighted by atomic mass is 9.77. The molecule has 1 aromatic carbocycles. The van der Waals surface area contributed by atoms with E-state index in [-0.39, 0.29) is 10.8 Å². The van der Waals surface area contributed by atoms with Crippen molar-refractivity contribution in [2.75, 3.05) is 26.7 Å². The first-order valence-corrected chi connectivity index (χ1v) is 8.67. The van der Waals surface area contributed by atoms with Gasteiger partial charge in [-0.05, 0) is 48.9 Å². The van der Waals surface area contributed by atoms with Crippen LogP contribution in [0.1, 0.15) is 44.6 Å². The van der Waals surface area contributed by atoms with E-state index >= 15 is 0 Å². The third kappa shape index (κ3) is 2.85. The molecule has 4 heteroatoms. The van der Waals surface area contributed by atoms with Crippen molar-refractivity contribution in [3.8, 4) is 5.75 Å². The Kier molecular flexibility index (Phi) is 4.37. The fraction of sp³-hybridized carbons (Fsp3) is 0.632. The van der Waals surface area contributed by atoms with Crippen molar-refractivity contribution in [2.45, 2.75) is 44.4 Å². The summed E-state index contributed by atoms with van der Waals surface area (Å²) >= 11 is 0. The summed E-state index contributed by atoms with van der Waals surface area (Å²) in [5, 5.41) is 0. The molecule has 1 saturated heterocycles. The van der Waals surface area contributed by atoms with E-state index in [2.05, 4.69) is 17.9 Å². The SMILES string of the molecule is COc1cccc(C2(C(=O)N3CCC(C)(CN)C3)CCCC2)c1. The van der Waals surface area contributed by atoms with Crippen LogP contribution in [0.4, 0.5) is 0 Å². The number of rotatable bonds is 4. The van der Waals surface area contributed by atoms with E-state index < -0.39 is 0 Å². The molecule has 2 N–H and O–H groups in total. The summed E-state index contributed by atoms with van der Waals surface area (Å²) < 4.78 is 5.37. The van der Waals surface area contributed by atoms with E-state index in [0.717, 1.165) is 56.5 Å². The first-order chi connectivity index (χ1) is 11.0. The zero-order valence-corrected chi connectivity index (χ0v) is 14.3. The largest absolute Gasteiger partial charge is 0.497 e. The molecule has 3 rings (SSSR count). The van der Waals surface area contributed by atoms with Gasteiger partial charge < -0.3 is 15.4 Å². The van der Waals surface area contributed by atoms with Crippen molar-refractivity contribution in [3.63, 3.8) is 0 Å². The second-order valence-electron chi connectivity index (χ2n) is 7.51. The molecule has 2 aliphatic rings. The molecule has 0 spiro atoms. The van der Waals surface area contributed by atoms with E-state index in [9.17, 15) is 4.79 Å². The fourth-order valence-electron chi connectivity index (χ4n) is 4.19. The van der Waals surface area contributed by atoms with Crippen molar-refractivity contribution in [2.24, 2.45) is 11.1 Å². The highest BCUT2D eigenvalue weighted by atomic mass is 16.5. The molecule has 1 heterocycles. The Balaban J connectivity index is 1.90. The molecule has 2 fully saturated rings. The maximum Gasteiger partial charge on any atom is 0.233 e.